The van der Waals surface area contributed by atoms with Gasteiger partial charge in [-0.25, -0.2) is 0 Å². The summed E-state index contributed by atoms with van der Waals surface area (Å²) in [5.74, 6) is 1.04. The van der Waals surface area contributed by atoms with E-state index in [0.717, 1.165) is 37.2 Å². The highest BCUT2D eigenvalue weighted by Gasteiger charge is 2.16. The topological polar surface area (TPSA) is 29.5 Å². The van der Waals surface area contributed by atoms with Crippen LogP contribution in [-0.4, -0.2) is 11.7 Å². The number of hydrogen-bond donors (Lipinski definition) is 1. The van der Waals surface area contributed by atoms with Crippen LogP contribution in [-0.2, 0) is 12.8 Å². The van der Waals surface area contributed by atoms with E-state index in [0.29, 0.717) is 0 Å². The van der Waals surface area contributed by atoms with Gasteiger partial charge in [0.15, 0.2) is 0 Å². The maximum Gasteiger partial charge on any atom is 0.125 e. The van der Waals surface area contributed by atoms with E-state index in [-0.39, 0.29) is 0 Å². The van der Waals surface area contributed by atoms with Crippen LogP contribution in [0.15, 0.2) is 48.5 Å². The smallest absolute Gasteiger partial charge is 0.125 e. The Balaban J connectivity index is 1.69. The molecule has 0 radical (unpaired) electrons. The van der Waals surface area contributed by atoms with E-state index in [1.807, 2.05) is 30.3 Å². The number of aliphatic hydroxyl groups excluding tert-OH is 1. The Morgan fingerprint density at radius 1 is 1.05 bits per heavy atom. The summed E-state index contributed by atoms with van der Waals surface area (Å²) in [4.78, 5) is 0. The molecule has 1 unspecified atom stereocenters. The molecule has 0 spiro atoms. The second-order valence-corrected chi connectivity index (χ2v) is 4.97. The second-order valence-electron chi connectivity index (χ2n) is 4.97. The summed E-state index contributed by atoms with van der Waals surface area (Å²) in [5.41, 5.74) is 3.49. The number of aryl methyl sites for hydroxylation is 1. The van der Waals surface area contributed by atoms with Crippen LogP contribution >= 0.6 is 0 Å². The molecule has 0 bridgehead atoms. The van der Waals surface area contributed by atoms with Crippen molar-refractivity contribution in [2.24, 2.45) is 0 Å². The van der Waals surface area contributed by atoms with Gasteiger partial charge in [-0.2, -0.15) is 0 Å². The maximum atomic E-state index is 10.2. The summed E-state index contributed by atoms with van der Waals surface area (Å²) in [5, 5.41) is 10.2. The van der Waals surface area contributed by atoms with Crippen LogP contribution in [0, 0.1) is 0 Å². The zero-order chi connectivity index (χ0) is 13.1. The lowest BCUT2D eigenvalue weighted by Crippen LogP contribution is -2.00. The highest BCUT2D eigenvalue weighted by atomic mass is 16.5. The maximum absolute atomic E-state index is 10.2. The number of aliphatic hydroxyl groups is 1. The van der Waals surface area contributed by atoms with Crippen LogP contribution in [0.5, 0.6) is 5.75 Å². The van der Waals surface area contributed by atoms with Crippen LogP contribution < -0.4 is 4.74 Å². The Morgan fingerprint density at radius 2 is 1.89 bits per heavy atom. The Morgan fingerprint density at radius 3 is 2.74 bits per heavy atom. The molecular formula is C17H18O2. The van der Waals surface area contributed by atoms with Crippen molar-refractivity contribution >= 4 is 0 Å². The molecule has 3 rings (SSSR count). The molecule has 19 heavy (non-hydrogen) atoms. The number of para-hydroxylation sites is 1. The fourth-order valence-electron chi connectivity index (χ4n) is 2.61. The first-order valence-electron chi connectivity index (χ1n) is 6.81. The Bertz CT molecular complexity index is 548. The number of fused-ring (bicyclic) bond motifs is 1. The SMILES string of the molecule is OC(CCc1cccc2c1OCC2)c1ccccc1. The van der Waals surface area contributed by atoms with Gasteiger partial charge in [-0.15, -0.1) is 0 Å². The summed E-state index contributed by atoms with van der Waals surface area (Å²) in [6, 6.07) is 16.1. The summed E-state index contributed by atoms with van der Waals surface area (Å²) >= 11 is 0. The quantitative estimate of drug-likeness (QED) is 0.907. The van der Waals surface area contributed by atoms with Gasteiger partial charge in [0.1, 0.15) is 5.75 Å². The van der Waals surface area contributed by atoms with Crippen molar-refractivity contribution in [1.82, 2.24) is 0 Å². The lowest BCUT2D eigenvalue weighted by atomic mass is 9.99. The minimum absolute atomic E-state index is 0.404. The predicted molar refractivity (Wildman–Crippen MR) is 75.4 cm³/mol. The van der Waals surface area contributed by atoms with E-state index >= 15 is 0 Å². The van der Waals surface area contributed by atoms with Crippen molar-refractivity contribution in [2.75, 3.05) is 6.61 Å². The lowest BCUT2D eigenvalue weighted by molar-refractivity contribution is 0.167. The molecule has 1 heterocycles. The van der Waals surface area contributed by atoms with Gasteiger partial charge in [-0.1, -0.05) is 48.5 Å². The largest absolute Gasteiger partial charge is 0.493 e. The van der Waals surface area contributed by atoms with Gasteiger partial charge in [0.25, 0.3) is 0 Å². The molecule has 0 fully saturated rings. The Kier molecular flexibility index (Phi) is 3.51. The van der Waals surface area contributed by atoms with Gasteiger partial charge < -0.3 is 9.84 Å². The third kappa shape index (κ3) is 2.64. The Hall–Kier alpha value is -1.80. The van der Waals surface area contributed by atoms with Gasteiger partial charge in [0, 0.05) is 6.42 Å². The van der Waals surface area contributed by atoms with Crippen molar-refractivity contribution < 1.29 is 9.84 Å². The number of rotatable bonds is 4. The molecule has 0 aliphatic carbocycles. The fraction of sp³-hybridized carbons (Fsp3) is 0.294. The van der Waals surface area contributed by atoms with Crippen molar-refractivity contribution in [3.05, 3.63) is 65.2 Å². The summed E-state index contributed by atoms with van der Waals surface area (Å²) in [7, 11) is 0. The molecule has 2 heteroatoms. The molecule has 2 nitrogen and oxygen atoms in total. The molecule has 98 valence electrons. The van der Waals surface area contributed by atoms with Gasteiger partial charge >= 0.3 is 0 Å². The minimum atomic E-state index is -0.404. The molecule has 0 amide bonds. The van der Waals surface area contributed by atoms with Crippen molar-refractivity contribution in [1.29, 1.82) is 0 Å². The molecule has 1 aliphatic heterocycles. The highest BCUT2D eigenvalue weighted by molar-refractivity contribution is 5.44. The number of ether oxygens (including phenoxy) is 1. The average molecular weight is 254 g/mol. The zero-order valence-electron chi connectivity index (χ0n) is 10.9. The second kappa shape index (κ2) is 5.45. The molecular weight excluding hydrogens is 236 g/mol. The van der Waals surface area contributed by atoms with Gasteiger partial charge in [-0.05, 0) is 29.5 Å². The van der Waals surface area contributed by atoms with E-state index in [1.165, 1.54) is 11.1 Å². The zero-order valence-corrected chi connectivity index (χ0v) is 10.9. The average Bonchev–Trinajstić information content (AvgIpc) is 2.94. The first-order chi connectivity index (χ1) is 9.34. The molecule has 1 aliphatic rings. The molecule has 0 saturated heterocycles. The monoisotopic (exact) mass is 254 g/mol. The predicted octanol–water partition coefficient (Wildman–Crippen LogP) is 3.29. The summed E-state index contributed by atoms with van der Waals surface area (Å²) in [6.45, 7) is 0.785. The van der Waals surface area contributed by atoms with Crippen LogP contribution in [0.4, 0.5) is 0 Å². The number of hydrogen-bond acceptors (Lipinski definition) is 2. The molecule has 1 atom stereocenters. The summed E-state index contributed by atoms with van der Waals surface area (Å²) in [6.07, 6.45) is 2.17. The van der Waals surface area contributed by atoms with Crippen LogP contribution in [0.2, 0.25) is 0 Å². The van der Waals surface area contributed by atoms with Crippen molar-refractivity contribution in [2.45, 2.75) is 25.4 Å². The van der Waals surface area contributed by atoms with E-state index in [9.17, 15) is 5.11 Å². The molecule has 2 aromatic rings. The highest BCUT2D eigenvalue weighted by Crippen LogP contribution is 2.31. The van der Waals surface area contributed by atoms with E-state index < -0.39 is 6.10 Å². The molecule has 2 aromatic carbocycles. The Labute approximate surface area is 113 Å². The first-order valence-corrected chi connectivity index (χ1v) is 6.81. The fourth-order valence-corrected chi connectivity index (χ4v) is 2.61. The van der Waals surface area contributed by atoms with Gasteiger partial charge in [0.05, 0.1) is 12.7 Å². The standard InChI is InChI=1S/C17H18O2/c18-16(13-5-2-1-3-6-13)10-9-14-7-4-8-15-11-12-19-17(14)15/h1-8,16,18H,9-12H2. The van der Waals surface area contributed by atoms with E-state index in [2.05, 4.69) is 18.2 Å². The van der Waals surface area contributed by atoms with Crippen LogP contribution in [0.1, 0.15) is 29.2 Å². The number of benzene rings is 2. The third-order valence-electron chi connectivity index (χ3n) is 3.67. The van der Waals surface area contributed by atoms with E-state index in [4.69, 9.17) is 4.74 Å². The van der Waals surface area contributed by atoms with Gasteiger partial charge in [-0.3, -0.25) is 0 Å². The van der Waals surface area contributed by atoms with Crippen LogP contribution in [0.3, 0.4) is 0 Å². The minimum Gasteiger partial charge on any atom is -0.493 e. The van der Waals surface area contributed by atoms with Crippen LogP contribution in [0.25, 0.3) is 0 Å². The molecule has 0 saturated carbocycles. The summed E-state index contributed by atoms with van der Waals surface area (Å²) < 4.78 is 5.69. The van der Waals surface area contributed by atoms with Crippen molar-refractivity contribution in [3.8, 4) is 5.75 Å². The molecule has 1 N–H and O–H groups in total. The molecule has 0 aromatic heterocycles. The lowest BCUT2D eigenvalue weighted by Gasteiger charge is -2.12. The van der Waals surface area contributed by atoms with Crippen molar-refractivity contribution in [3.63, 3.8) is 0 Å². The third-order valence-corrected chi connectivity index (χ3v) is 3.67. The first kappa shape index (κ1) is 12.2. The normalized spacial score (nSPS) is 14.8. The van der Waals surface area contributed by atoms with Gasteiger partial charge in [0.2, 0.25) is 0 Å². The van der Waals surface area contributed by atoms with E-state index in [1.54, 1.807) is 0 Å².